The number of ether oxygens (including phenoxy) is 1. The average Bonchev–Trinajstić information content (AvgIpc) is 2.81. The normalized spacial score (nSPS) is 12.9. The Kier molecular flexibility index (Phi) is 6.89. The van der Waals surface area contributed by atoms with Crippen LogP contribution in [0.25, 0.3) is 0 Å². The molecule has 17 heavy (non-hydrogen) atoms. The summed E-state index contributed by atoms with van der Waals surface area (Å²) in [5, 5.41) is 3.50. The van der Waals surface area contributed by atoms with Crippen LogP contribution in [0.3, 0.4) is 0 Å². The molecule has 0 radical (unpaired) electrons. The molecule has 1 atom stereocenters. The van der Waals surface area contributed by atoms with Gasteiger partial charge in [0.25, 0.3) is 0 Å². The van der Waals surface area contributed by atoms with Crippen LogP contribution in [0, 0.1) is 0 Å². The van der Waals surface area contributed by atoms with Crippen molar-refractivity contribution in [2.75, 3.05) is 19.8 Å². The van der Waals surface area contributed by atoms with Crippen LogP contribution in [-0.2, 0) is 11.3 Å². The van der Waals surface area contributed by atoms with E-state index < -0.39 is 0 Å². The van der Waals surface area contributed by atoms with E-state index in [1.807, 2.05) is 12.4 Å². The predicted molar refractivity (Wildman–Crippen MR) is 70.0 cm³/mol. The molecule has 0 amide bonds. The summed E-state index contributed by atoms with van der Waals surface area (Å²) >= 11 is 0. The van der Waals surface area contributed by atoms with E-state index in [1.54, 1.807) is 0 Å². The van der Waals surface area contributed by atoms with Crippen LogP contribution in [0.4, 0.5) is 0 Å². The zero-order valence-electron chi connectivity index (χ0n) is 11.3. The van der Waals surface area contributed by atoms with E-state index in [0.717, 1.165) is 38.4 Å². The minimum atomic E-state index is 0.205. The van der Waals surface area contributed by atoms with Crippen molar-refractivity contribution in [2.24, 2.45) is 0 Å². The van der Waals surface area contributed by atoms with Gasteiger partial charge in [-0.25, -0.2) is 4.98 Å². The molecular weight excluding hydrogens is 214 g/mol. The molecule has 1 rings (SSSR count). The number of imidazole rings is 1. The number of hydrogen-bond donors (Lipinski definition) is 1. The standard InChI is InChI=1S/C13H25N3O/c1-4-7-14-12(11-17-10-5-2)13-15-8-9-16(13)6-3/h8-9,12,14H,4-7,10-11H2,1-3H3. The molecule has 0 saturated heterocycles. The van der Waals surface area contributed by atoms with Crippen LogP contribution in [0.15, 0.2) is 12.4 Å². The summed E-state index contributed by atoms with van der Waals surface area (Å²) in [4.78, 5) is 4.44. The van der Waals surface area contributed by atoms with Crippen molar-refractivity contribution >= 4 is 0 Å². The van der Waals surface area contributed by atoms with E-state index in [4.69, 9.17) is 4.74 Å². The smallest absolute Gasteiger partial charge is 0.128 e. The van der Waals surface area contributed by atoms with Gasteiger partial charge in [-0.05, 0) is 26.3 Å². The minimum absolute atomic E-state index is 0.205. The van der Waals surface area contributed by atoms with E-state index >= 15 is 0 Å². The van der Waals surface area contributed by atoms with Crippen molar-refractivity contribution < 1.29 is 4.74 Å². The Balaban J connectivity index is 2.60. The Hall–Kier alpha value is -0.870. The number of nitrogens with one attached hydrogen (secondary N) is 1. The van der Waals surface area contributed by atoms with Crippen LogP contribution in [-0.4, -0.2) is 29.3 Å². The van der Waals surface area contributed by atoms with Gasteiger partial charge >= 0.3 is 0 Å². The molecule has 1 aromatic heterocycles. The quantitative estimate of drug-likeness (QED) is 0.672. The molecule has 0 aliphatic carbocycles. The number of aryl methyl sites for hydroxylation is 1. The summed E-state index contributed by atoms with van der Waals surface area (Å²) in [5.41, 5.74) is 0. The third kappa shape index (κ3) is 4.48. The summed E-state index contributed by atoms with van der Waals surface area (Å²) < 4.78 is 7.82. The highest BCUT2D eigenvalue weighted by Gasteiger charge is 2.15. The van der Waals surface area contributed by atoms with Gasteiger partial charge in [0.15, 0.2) is 0 Å². The van der Waals surface area contributed by atoms with Crippen LogP contribution >= 0.6 is 0 Å². The molecule has 0 aromatic carbocycles. The third-order valence-electron chi connectivity index (χ3n) is 2.67. The number of aromatic nitrogens is 2. The zero-order chi connectivity index (χ0) is 12.5. The summed E-state index contributed by atoms with van der Waals surface area (Å²) in [7, 11) is 0. The van der Waals surface area contributed by atoms with Gasteiger partial charge in [0.05, 0.1) is 12.6 Å². The van der Waals surface area contributed by atoms with Crippen LogP contribution < -0.4 is 5.32 Å². The lowest BCUT2D eigenvalue weighted by atomic mass is 10.2. The van der Waals surface area contributed by atoms with Gasteiger partial charge in [-0.2, -0.15) is 0 Å². The molecular formula is C13H25N3O. The van der Waals surface area contributed by atoms with Crippen molar-refractivity contribution in [3.05, 3.63) is 18.2 Å². The van der Waals surface area contributed by atoms with Gasteiger partial charge in [-0.1, -0.05) is 13.8 Å². The van der Waals surface area contributed by atoms with E-state index in [9.17, 15) is 0 Å². The molecule has 1 aromatic rings. The first-order chi connectivity index (χ1) is 8.33. The highest BCUT2D eigenvalue weighted by molar-refractivity contribution is 4.99. The number of nitrogens with zero attached hydrogens (tertiary/aromatic N) is 2. The minimum Gasteiger partial charge on any atom is -0.379 e. The number of rotatable bonds is 9. The summed E-state index contributed by atoms with van der Waals surface area (Å²) in [5.74, 6) is 1.08. The summed E-state index contributed by atoms with van der Waals surface area (Å²) in [6.45, 7) is 9.89. The molecule has 4 nitrogen and oxygen atoms in total. The molecule has 0 spiro atoms. The summed E-state index contributed by atoms with van der Waals surface area (Å²) in [6.07, 6.45) is 6.06. The van der Waals surface area contributed by atoms with Gasteiger partial charge in [-0.3, -0.25) is 0 Å². The molecule has 0 fully saturated rings. The van der Waals surface area contributed by atoms with Crippen LogP contribution in [0.5, 0.6) is 0 Å². The van der Waals surface area contributed by atoms with E-state index in [0.29, 0.717) is 6.61 Å². The highest BCUT2D eigenvalue weighted by atomic mass is 16.5. The van der Waals surface area contributed by atoms with Crippen molar-refractivity contribution in [2.45, 2.75) is 46.2 Å². The van der Waals surface area contributed by atoms with Crippen molar-refractivity contribution in [1.29, 1.82) is 0 Å². The largest absolute Gasteiger partial charge is 0.379 e. The molecule has 0 aliphatic rings. The predicted octanol–water partition coefficient (Wildman–Crippen LogP) is 2.37. The monoisotopic (exact) mass is 239 g/mol. The van der Waals surface area contributed by atoms with E-state index in [-0.39, 0.29) is 6.04 Å². The SMILES string of the molecule is CCCNC(COCCC)c1nccn1CC. The van der Waals surface area contributed by atoms with Crippen molar-refractivity contribution in [3.8, 4) is 0 Å². The fourth-order valence-corrected chi connectivity index (χ4v) is 1.79. The Morgan fingerprint density at radius 3 is 2.82 bits per heavy atom. The van der Waals surface area contributed by atoms with Crippen LogP contribution in [0.1, 0.15) is 45.5 Å². The fraction of sp³-hybridized carbons (Fsp3) is 0.769. The molecule has 0 aliphatic heterocycles. The van der Waals surface area contributed by atoms with Gasteiger partial charge < -0.3 is 14.6 Å². The molecule has 0 bridgehead atoms. The first-order valence-electron chi connectivity index (χ1n) is 6.65. The Labute approximate surface area is 104 Å². The Morgan fingerprint density at radius 2 is 2.18 bits per heavy atom. The van der Waals surface area contributed by atoms with Crippen molar-refractivity contribution in [3.63, 3.8) is 0 Å². The molecule has 1 unspecified atom stereocenters. The second-order valence-corrected chi connectivity index (χ2v) is 4.15. The maximum absolute atomic E-state index is 5.65. The van der Waals surface area contributed by atoms with Gasteiger partial charge in [0.2, 0.25) is 0 Å². The Morgan fingerprint density at radius 1 is 1.35 bits per heavy atom. The van der Waals surface area contributed by atoms with E-state index in [2.05, 4.69) is 35.6 Å². The van der Waals surface area contributed by atoms with Crippen LogP contribution in [0.2, 0.25) is 0 Å². The van der Waals surface area contributed by atoms with Crippen molar-refractivity contribution in [1.82, 2.24) is 14.9 Å². The maximum Gasteiger partial charge on any atom is 0.128 e. The first kappa shape index (κ1) is 14.2. The average molecular weight is 239 g/mol. The molecule has 0 saturated carbocycles. The molecule has 1 heterocycles. The third-order valence-corrected chi connectivity index (χ3v) is 2.67. The molecule has 98 valence electrons. The first-order valence-corrected chi connectivity index (χ1v) is 6.65. The zero-order valence-corrected chi connectivity index (χ0v) is 11.3. The summed E-state index contributed by atoms with van der Waals surface area (Å²) in [6, 6.07) is 0.205. The maximum atomic E-state index is 5.65. The Bertz CT molecular complexity index is 299. The lowest BCUT2D eigenvalue weighted by Crippen LogP contribution is -2.29. The molecule has 4 heteroatoms. The van der Waals surface area contributed by atoms with Gasteiger partial charge in [0, 0.05) is 25.5 Å². The van der Waals surface area contributed by atoms with Gasteiger partial charge in [-0.15, -0.1) is 0 Å². The van der Waals surface area contributed by atoms with E-state index in [1.165, 1.54) is 0 Å². The molecule has 1 N–H and O–H groups in total. The van der Waals surface area contributed by atoms with Gasteiger partial charge in [0.1, 0.15) is 5.82 Å². The topological polar surface area (TPSA) is 39.1 Å². The fourth-order valence-electron chi connectivity index (χ4n) is 1.79. The lowest BCUT2D eigenvalue weighted by molar-refractivity contribution is 0.108. The number of hydrogen-bond acceptors (Lipinski definition) is 3. The second kappa shape index (κ2) is 8.25. The highest BCUT2D eigenvalue weighted by Crippen LogP contribution is 2.11. The second-order valence-electron chi connectivity index (χ2n) is 4.15. The lowest BCUT2D eigenvalue weighted by Gasteiger charge is -2.19.